The van der Waals surface area contributed by atoms with Crippen LogP contribution < -0.4 is 0 Å². The second-order valence-electron chi connectivity index (χ2n) is 6.96. The van der Waals surface area contributed by atoms with Crippen LogP contribution in [-0.2, 0) is 14.9 Å². The zero-order chi connectivity index (χ0) is 15.5. The van der Waals surface area contributed by atoms with Crippen LogP contribution in [0.2, 0.25) is 0 Å². The molecule has 1 amide bonds. The lowest BCUT2D eigenvalue weighted by atomic mass is 9.84. The SMILES string of the molecule is COCC(=O)N1CCC(c2ccc(C(C)(C)C)cc2)CC1. The van der Waals surface area contributed by atoms with Gasteiger partial charge in [0.15, 0.2) is 0 Å². The van der Waals surface area contributed by atoms with Crippen molar-refractivity contribution in [3.63, 3.8) is 0 Å². The highest BCUT2D eigenvalue weighted by atomic mass is 16.5. The molecule has 0 N–H and O–H groups in total. The highest BCUT2D eigenvalue weighted by molar-refractivity contribution is 5.77. The van der Waals surface area contributed by atoms with E-state index in [-0.39, 0.29) is 17.9 Å². The van der Waals surface area contributed by atoms with Crippen LogP contribution in [0.15, 0.2) is 24.3 Å². The van der Waals surface area contributed by atoms with Crippen LogP contribution in [0.1, 0.15) is 50.7 Å². The lowest BCUT2D eigenvalue weighted by Gasteiger charge is -2.32. The third kappa shape index (κ3) is 4.07. The van der Waals surface area contributed by atoms with Crippen molar-refractivity contribution in [1.82, 2.24) is 4.90 Å². The first-order valence-electron chi connectivity index (χ1n) is 7.79. The monoisotopic (exact) mass is 289 g/mol. The van der Waals surface area contributed by atoms with E-state index in [1.54, 1.807) is 7.11 Å². The van der Waals surface area contributed by atoms with Crippen molar-refractivity contribution < 1.29 is 9.53 Å². The first-order chi connectivity index (χ1) is 9.91. The predicted molar refractivity (Wildman–Crippen MR) is 85.6 cm³/mol. The van der Waals surface area contributed by atoms with Gasteiger partial charge in [0.25, 0.3) is 0 Å². The van der Waals surface area contributed by atoms with Crippen LogP contribution in [0, 0.1) is 0 Å². The number of piperidine rings is 1. The molecular formula is C18H27NO2. The van der Waals surface area contributed by atoms with E-state index >= 15 is 0 Å². The maximum absolute atomic E-state index is 11.8. The molecule has 2 rings (SSSR count). The Morgan fingerprint density at radius 1 is 1.19 bits per heavy atom. The molecule has 0 aliphatic carbocycles. The third-order valence-corrected chi connectivity index (χ3v) is 4.36. The fraction of sp³-hybridized carbons (Fsp3) is 0.611. The van der Waals surface area contributed by atoms with E-state index < -0.39 is 0 Å². The van der Waals surface area contributed by atoms with Gasteiger partial charge in [0.05, 0.1) is 0 Å². The van der Waals surface area contributed by atoms with Gasteiger partial charge < -0.3 is 9.64 Å². The highest BCUT2D eigenvalue weighted by Crippen LogP contribution is 2.30. The summed E-state index contributed by atoms with van der Waals surface area (Å²) in [5, 5.41) is 0. The number of nitrogens with zero attached hydrogens (tertiary/aromatic N) is 1. The molecule has 1 aromatic carbocycles. The van der Waals surface area contributed by atoms with E-state index in [0.29, 0.717) is 5.92 Å². The van der Waals surface area contributed by atoms with E-state index in [9.17, 15) is 4.79 Å². The fourth-order valence-corrected chi connectivity index (χ4v) is 2.93. The average molecular weight is 289 g/mol. The Balaban J connectivity index is 1.95. The maximum atomic E-state index is 11.8. The molecule has 3 heteroatoms. The summed E-state index contributed by atoms with van der Waals surface area (Å²) < 4.78 is 4.92. The molecule has 1 saturated heterocycles. The normalized spacial score (nSPS) is 17.0. The molecule has 0 aromatic heterocycles. The highest BCUT2D eigenvalue weighted by Gasteiger charge is 2.24. The first kappa shape index (κ1) is 16.0. The summed E-state index contributed by atoms with van der Waals surface area (Å²) in [5.74, 6) is 0.685. The molecule has 0 unspecified atom stereocenters. The molecule has 1 heterocycles. The van der Waals surface area contributed by atoms with Gasteiger partial charge in [-0.3, -0.25) is 4.79 Å². The van der Waals surface area contributed by atoms with Crippen LogP contribution in [0.3, 0.4) is 0 Å². The Morgan fingerprint density at radius 3 is 2.24 bits per heavy atom. The van der Waals surface area contributed by atoms with Crippen LogP contribution in [0.5, 0.6) is 0 Å². The minimum atomic E-state index is 0.110. The van der Waals surface area contributed by atoms with E-state index in [0.717, 1.165) is 25.9 Å². The van der Waals surface area contributed by atoms with Crippen molar-refractivity contribution in [2.24, 2.45) is 0 Å². The van der Waals surface area contributed by atoms with Gasteiger partial charge in [-0.1, -0.05) is 45.0 Å². The molecule has 116 valence electrons. The number of carbonyl (C=O) groups excluding carboxylic acids is 1. The van der Waals surface area contributed by atoms with Gasteiger partial charge in [-0.25, -0.2) is 0 Å². The van der Waals surface area contributed by atoms with Gasteiger partial charge in [-0.05, 0) is 35.3 Å². The van der Waals surface area contributed by atoms with Gasteiger partial charge in [-0.2, -0.15) is 0 Å². The van der Waals surface area contributed by atoms with Crippen molar-refractivity contribution >= 4 is 5.91 Å². The summed E-state index contributed by atoms with van der Waals surface area (Å²) in [7, 11) is 1.57. The van der Waals surface area contributed by atoms with Gasteiger partial charge in [-0.15, -0.1) is 0 Å². The van der Waals surface area contributed by atoms with Crippen molar-refractivity contribution in [2.75, 3.05) is 26.8 Å². The number of amides is 1. The van der Waals surface area contributed by atoms with E-state index in [4.69, 9.17) is 4.74 Å². The second-order valence-corrected chi connectivity index (χ2v) is 6.96. The summed E-state index contributed by atoms with van der Waals surface area (Å²) in [6.45, 7) is 8.60. The maximum Gasteiger partial charge on any atom is 0.248 e. The lowest BCUT2D eigenvalue weighted by molar-refractivity contribution is -0.136. The largest absolute Gasteiger partial charge is 0.375 e. The smallest absolute Gasteiger partial charge is 0.248 e. The lowest BCUT2D eigenvalue weighted by Crippen LogP contribution is -2.39. The van der Waals surface area contributed by atoms with Gasteiger partial charge >= 0.3 is 0 Å². The molecule has 0 bridgehead atoms. The van der Waals surface area contributed by atoms with Gasteiger partial charge in [0, 0.05) is 20.2 Å². The number of likely N-dealkylation sites (tertiary alicyclic amines) is 1. The quantitative estimate of drug-likeness (QED) is 0.854. The molecule has 0 atom stereocenters. The summed E-state index contributed by atoms with van der Waals surface area (Å²) in [6.07, 6.45) is 2.09. The van der Waals surface area contributed by atoms with Gasteiger partial charge in [0.1, 0.15) is 6.61 Å². The van der Waals surface area contributed by atoms with E-state index in [1.165, 1.54) is 11.1 Å². The zero-order valence-electron chi connectivity index (χ0n) is 13.7. The van der Waals surface area contributed by atoms with Crippen molar-refractivity contribution in [1.29, 1.82) is 0 Å². The van der Waals surface area contributed by atoms with Crippen LogP contribution in [0.4, 0.5) is 0 Å². The number of hydrogen-bond donors (Lipinski definition) is 0. The number of methoxy groups -OCH3 is 1. The predicted octanol–water partition coefficient (Wildman–Crippen LogP) is 3.34. The van der Waals surface area contributed by atoms with Gasteiger partial charge in [0.2, 0.25) is 5.91 Å². The molecule has 0 radical (unpaired) electrons. The van der Waals surface area contributed by atoms with E-state index in [2.05, 4.69) is 45.0 Å². The van der Waals surface area contributed by atoms with Crippen LogP contribution in [0.25, 0.3) is 0 Å². The molecule has 0 saturated carbocycles. The summed E-state index contributed by atoms with van der Waals surface area (Å²) in [6, 6.07) is 9.02. The number of rotatable bonds is 3. The minimum Gasteiger partial charge on any atom is -0.375 e. The minimum absolute atomic E-state index is 0.110. The summed E-state index contributed by atoms with van der Waals surface area (Å²) >= 11 is 0. The Bertz CT molecular complexity index is 465. The fourth-order valence-electron chi connectivity index (χ4n) is 2.93. The summed E-state index contributed by atoms with van der Waals surface area (Å²) in [5.41, 5.74) is 2.98. The van der Waals surface area contributed by atoms with E-state index in [1.807, 2.05) is 4.90 Å². The van der Waals surface area contributed by atoms with Crippen molar-refractivity contribution in [2.45, 2.75) is 44.9 Å². The van der Waals surface area contributed by atoms with Crippen molar-refractivity contribution in [3.05, 3.63) is 35.4 Å². The number of benzene rings is 1. The van der Waals surface area contributed by atoms with Crippen molar-refractivity contribution in [3.8, 4) is 0 Å². The topological polar surface area (TPSA) is 29.5 Å². The number of ether oxygens (including phenoxy) is 1. The Morgan fingerprint density at radius 2 is 1.76 bits per heavy atom. The molecule has 21 heavy (non-hydrogen) atoms. The Kier molecular flexibility index (Phi) is 5.04. The Hall–Kier alpha value is -1.35. The molecule has 1 fully saturated rings. The zero-order valence-corrected chi connectivity index (χ0v) is 13.7. The van der Waals surface area contributed by atoms with Crippen LogP contribution >= 0.6 is 0 Å². The molecule has 0 spiro atoms. The molecule has 1 aliphatic heterocycles. The number of hydrogen-bond acceptors (Lipinski definition) is 2. The third-order valence-electron chi connectivity index (χ3n) is 4.36. The average Bonchev–Trinajstić information content (AvgIpc) is 2.47. The summed E-state index contributed by atoms with van der Waals surface area (Å²) in [4.78, 5) is 13.7. The Labute approximate surface area is 128 Å². The molecule has 1 aliphatic rings. The number of carbonyl (C=O) groups is 1. The molecular weight excluding hydrogens is 262 g/mol. The molecule has 3 nitrogen and oxygen atoms in total. The second kappa shape index (κ2) is 6.61. The molecule has 1 aromatic rings. The van der Waals surface area contributed by atoms with Crippen LogP contribution in [-0.4, -0.2) is 37.6 Å². The first-order valence-corrected chi connectivity index (χ1v) is 7.79. The standard InChI is InChI=1S/C18H27NO2/c1-18(2,3)16-7-5-14(6-8-16)15-9-11-19(12-10-15)17(20)13-21-4/h5-8,15H,9-13H2,1-4H3.